The second-order valence-corrected chi connectivity index (χ2v) is 6.46. The van der Waals surface area contributed by atoms with Crippen LogP contribution in [0.25, 0.3) is 0 Å². The zero-order valence-electron chi connectivity index (χ0n) is 14.7. The zero-order chi connectivity index (χ0) is 17.9. The average Bonchev–Trinajstić information content (AvgIpc) is 3.22. The van der Waals surface area contributed by atoms with Crippen LogP contribution in [0.4, 0.5) is 0 Å². The van der Waals surface area contributed by atoms with E-state index in [0.29, 0.717) is 19.5 Å². The van der Waals surface area contributed by atoms with Crippen molar-refractivity contribution in [3.8, 4) is 5.75 Å². The average molecular weight is 347 g/mol. The largest absolute Gasteiger partial charge is 0.496 e. The van der Waals surface area contributed by atoms with Crippen molar-refractivity contribution < 1.29 is 9.53 Å². The monoisotopic (exact) mass is 347 g/mol. The van der Waals surface area contributed by atoms with Crippen LogP contribution < -0.4 is 4.74 Å². The first kappa shape index (κ1) is 16.4. The topological polar surface area (TPSA) is 47.4 Å². The predicted octanol–water partition coefficient (Wildman–Crippen LogP) is 3.07. The van der Waals surface area contributed by atoms with Crippen molar-refractivity contribution in [2.75, 3.05) is 13.7 Å². The van der Waals surface area contributed by atoms with E-state index in [1.807, 2.05) is 58.2 Å². The lowest BCUT2D eigenvalue weighted by Gasteiger charge is -2.35. The van der Waals surface area contributed by atoms with Crippen LogP contribution in [0.1, 0.15) is 22.7 Å². The van der Waals surface area contributed by atoms with E-state index >= 15 is 0 Å². The summed E-state index contributed by atoms with van der Waals surface area (Å²) in [6.45, 7) is 1.24. The van der Waals surface area contributed by atoms with Crippen molar-refractivity contribution in [2.24, 2.45) is 0 Å². The van der Waals surface area contributed by atoms with Gasteiger partial charge in [-0.1, -0.05) is 42.5 Å². The quantitative estimate of drug-likeness (QED) is 0.729. The van der Waals surface area contributed by atoms with Crippen LogP contribution in [0.2, 0.25) is 0 Å². The van der Waals surface area contributed by atoms with Gasteiger partial charge in [-0.15, -0.1) is 0 Å². The molecular weight excluding hydrogens is 326 g/mol. The molecule has 0 saturated heterocycles. The van der Waals surface area contributed by atoms with E-state index in [0.717, 1.165) is 11.3 Å². The van der Waals surface area contributed by atoms with Gasteiger partial charge < -0.3 is 9.64 Å². The molecule has 26 heavy (non-hydrogen) atoms. The molecule has 2 aromatic carbocycles. The van der Waals surface area contributed by atoms with Crippen molar-refractivity contribution in [3.63, 3.8) is 0 Å². The van der Waals surface area contributed by atoms with E-state index in [-0.39, 0.29) is 11.9 Å². The number of carbonyl (C=O) groups excluding carboxylic acids is 1. The zero-order valence-corrected chi connectivity index (χ0v) is 14.7. The van der Waals surface area contributed by atoms with E-state index in [9.17, 15) is 4.79 Å². The molecule has 3 aromatic rings. The molecule has 5 heteroatoms. The second kappa shape index (κ2) is 7.04. The normalized spacial score (nSPS) is 16.2. The van der Waals surface area contributed by atoms with Crippen LogP contribution in [0.3, 0.4) is 0 Å². The first-order chi connectivity index (χ1) is 12.8. The van der Waals surface area contributed by atoms with E-state index < -0.39 is 0 Å². The number of rotatable bonds is 4. The Morgan fingerprint density at radius 2 is 1.96 bits per heavy atom. The Kier molecular flexibility index (Phi) is 4.44. The highest BCUT2D eigenvalue weighted by Crippen LogP contribution is 2.30. The number of hydrogen-bond acceptors (Lipinski definition) is 3. The third-order valence-electron chi connectivity index (χ3n) is 4.90. The van der Waals surface area contributed by atoms with Gasteiger partial charge in [-0.25, -0.2) is 0 Å². The van der Waals surface area contributed by atoms with Gasteiger partial charge in [0.2, 0.25) is 5.91 Å². The first-order valence-electron chi connectivity index (χ1n) is 8.73. The van der Waals surface area contributed by atoms with Gasteiger partial charge in [0.1, 0.15) is 5.75 Å². The minimum absolute atomic E-state index is 0.0385. The maximum absolute atomic E-state index is 13.0. The maximum Gasteiger partial charge on any atom is 0.227 e. The summed E-state index contributed by atoms with van der Waals surface area (Å²) in [5, 5.41) is 4.40. The Morgan fingerprint density at radius 1 is 1.15 bits per heavy atom. The van der Waals surface area contributed by atoms with Gasteiger partial charge in [0.05, 0.1) is 19.6 Å². The molecule has 4 rings (SSSR count). The maximum atomic E-state index is 13.0. The molecule has 5 nitrogen and oxygen atoms in total. The molecule has 0 unspecified atom stereocenters. The Hall–Kier alpha value is -3.08. The lowest BCUT2D eigenvalue weighted by atomic mass is 9.95. The van der Waals surface area contributed by atoms with Crippen molar-refractivity contribution in [1.82, 2.24) is 14.7 Å². The van der Waals surface area contributed by atoms with Crippen molar-refractivity contribution >= 4 is 5.91 Å². The summed E-state index contributed by atoms with van der Waals surface area (Å²) in [4.78, 5) is 14.9. The summed E-state index contributed by atoms with van der Waals surface area (Å²) < 4.78 is 7.32. The summed E-state index contributed by atoms with van der Waals surface area (Å²) in [6.07, 6.45) is 4.06. The second-order valence-electron chi connectivity index (χ2n) is 6.46. The molecule has 2 heterocycles. The van der Waals surface area contributed by atoms with Crippen LogP contribution in [0, 0.1) is 0 Å². The molecule has 1 amide bonds. The van der Waals surface area contributed by atoms with Gasteiger partial charge in [-0.2, -0.15) is 5.10 Å². The number of amides is 1. The van der Waals surface area contributed by atoms with Crippen LogP contribution in [0.15, 0.2) is 67.0 Å². The molecule has 0 N–H and O–H groups in total. The molecule has 132 valence electrons. The smallest absolute Gasteiger partial charge is 0.227 e. The predicted molar refractivity (Wildman–Crippen MR) is 98.9 cm³/mol. The van der Waals surface area contributed by atoms with Crippen molar-refractivity contribution in [1.29, 1.82) is 0 Å². The summed E-state index contributed by atoms with van der Waals surface area (Å²) in [5.74, 6) is 0.850. The fourth-order valence-electron chi connectivity index (χ4n) is 3.59. The van der Waals surface area contributed by atoms with Gasteiger partial charge >= 0.3 is 0 Å². The lowest BCUT2D eigenvalue weighted by molar-refractivity contribution is -0.132. The molecule has 1 aliphatic rings. The number of hydrogen-bond donors (Lipinski definition) is 0. The number of carbonyl (C=O) groups is 1. The molecule has 1 atom stereocenters. The molecule has 0 spiro atoms. The number of methoxy groups -OCH3 is 1. The van der Waals surface area contributed by atoms with E-state index in [1.165, 1.54) is 11.1 Å². The highest BCUT2D eigenvalue weighted by molar-refractivity contribution is 5.80. The SMILES string of the molecule is COc1ccccc1CC(=O)N1Cc2ccccc2[C@H](n2cccn2)C1. The van der Waals surface area contributed by atoms with Crippen LogP contribution in [-0.4, -0.2) is 34.2 Å². The van der Waals surface area contributed by atoms with Gasteiger partial charge in [-0.3, -0.25) is 9.48 Å². The highest BCUT2D eigenvalue weighted by Gasteiger charge is 2.29. The van der Waals surface area contributed by atoms with Gasteiger partial charge in [-0.05, 0) is 23.3 Å². The molecular formula is C21H21N3O2. The third kappa shape index (κ3) is 3.08. The minimum Gasteiger partial charge on any atom is -0.496 e. The third-order valence-corrected chi connectivity index (χ3v) is 4.90. The number of benzene rings is 2. The molecule has 0 bridgehead atoms. The van der Waals surface area contributed by atoms with Gasteiger partial charge in [0.25, 0.3) is 0 Å². The Labute approximate surface area is 152 Å². The minimum atomic E-state index is 0.0385. The Bertz CT molecular complexity index is 905. The Morgan fingerprint density at radius 3 is 2.77 bits per heavy atom. The number of aromatic nitrogens is 2. The van der Waals surface area contributed by atoms with E-state index in [2.05, 4.69) is 17.2 Å². The standard InChI is InChI=1S/C21H21N3O2/c1-26-20-10-5-3-7-16(20)13-21(25)23-14-17-8-2-4-9-18(17)19(15-23)24-12-6-11-22-24/h2-12,19H,13-15H2,1H3/t19-/m1/s1. The summed E-state index contributed by atoms with van der Waals surface area (Å²) >= 11 is 0. The van der Waals surface area contributed by atoms with Gasteiger partial charge in [0, 0.05) is 31.0 Å². The Balaban J connectivity index is 1.61. The van der Waals surface area contributed by atoms with Crippen LogP contribution in [-0.2, 0) is 17.8 Å². The number of para-hydroxylation sites is 1. The number of ether oxygens (including phenoxy) is 1. The lowest BCUT2D eigenvalue weighted by Crippen LogP contribution is -2.41. The molecule has 0 saturated carbocycles. The summed E-state index contributed by atoms with van der Waals surface area (Å²) in [5.41, 5.74) is 3.32. The number of nitrogens with zero attached hydrogens (tertiary/aromatic N) is 3. The first-order valence-corrected chi connectivity index (χ1v) is 8.73. The molecule has 1 aliphatic heterocycles. The molecule has 0 radical (unpaired) electrons. The molecule has 0 fully saturated rings. The fourth-order valence-corrected chi connectivity index (χ4v) is 3.59. The van der Waals surface area contributed by atoms with Crippen molar-refractivity contribution in [2.45, 2.75) is 19.0 Å². The van der Waals surface area contributed by atoms with Gasteiger partial charge in [0.15, 0.2) is 0 Å². The van der Waals surface area contributed by atoms with Crippen LogP contribution >= 0.6 is 0 Å². The fraction of sp³-hybridized carbons (Fsp3) is 0.238. The summed E-state index contributed by atoms with van der Waals surface area (Å²) in [6, 6.07) is 17.9. The summed E-state index contributed by atoms with van der Waals surface area (Å²) in [7, 11) is 1.63. The van der Waals surface area contributed by atoms with E-state index in [1.54, 1.807) is 13.3 Å². The molecule has 0 aliphatic carbocycles. The van der Waals surface area contributed by atoms with Crippen LogP contribution in [0.5, 0.6) is 5.75 Å². The molecule has 1 aromatic heterocycles. The van der Waals surface area contributed by atoms with Crippen molar-refractivity contribution in [3.05, 3.63) is 83.7 Å². The highest BCUT2D eigenvalue weighted by atomic mass is 16.5. The van der Waals surface area contributed by atoms with E-state index in [4.69, 9.17) is 4.74 Å². The number of fused-ring (bicyclic) bond motifs is 1.